The van der Waals surface area contributed by atoms with Crippen molar-refractivity contribution in [1.29, 1.82) is 0 Å². The summed E-state index contributed by atoms with van der Waals surface area (Å²) >= 11 is 0. The van der Waals surface area contributed by atoms with Gasteiger partial charge >= 0.3 is 35.0 Å². The molecule has 1 fully saturated rings. The number of hydrogen-bond donors (Lipinski definition) is 1. The quantitative estimate of drug-likeness (QED) is 0.164. The van der Waals surface area contributed by atoms with Gasteiger partial charge in [-0.25, -0.2) is 0 Å². The summed E-state index contributed by atoms with van der Waals surface area (Å²) in [6.45, 7) is 18.7. The monoisotopic (exact) mass is 712 g/mol. The van der Waals surface area contributed by atoms with Gasteiger partial charge in [0.25, 0.3) is 0 Å². The van der Waals surface area contributed by atoms with Gasteiger partial charge in [0.15, 0.2) is 0 Å². The van der Waals surface area contributed by atoms with Crippen molar-refractivity contribution >= 4 is 64.9 Å². The zero-order valence-corrected chi connectivity index (χ0v) is 33.1. The fourth-order valence-electron chi connectivity index (χ4n) is 7.96. The molecule has 270 valence electrons. The molecular weight excluding hydrogens is 665 g/mol. The largest absolute Gasteiger partial charge is 2.00 e. The second kappa shape index (κ2) is 15.9. The van der Waals surface area contributed by atoms with Gasteiger partial charge in [-0.05, 0) is 76.0 Å². The summed E-state index contributed by atoms with van der Waals surface area (Å²) in [6.07, 6.45) is 12.0. The average Bonchev–Trinajstić information content (AvgIpc) is 3.84. The van der Waals surface area contributed by atoms with E-state index < -0.39 is 18.0 Å². The van der Waals surface area contributed by atoms with E-state index in [0.717, 1.165) is 74.9 Å². The number of aromatic nitrogens is 3. The summed E-state index contributed by atoms with van der Waals surface area (Å²) in [5.74, 6) is -2.30. The first-order valence-electron chi connectivity index (χ1n) is 18.0. The number of carbonyl (C=O) groups excluding carboxylic acids is 2. The summed E-state index contributed by atoms with van der Waals surface area (Å²) in [4.78, 5) is 41.7. The Morgan fingerprint density at radius 3 is 2.35 bits per heavy atom. The number of carbonyl (C=O) groups is 2. The molecule has 5 heterocycles. The summed E-state index contributed by atoms with van der Waals surface area (Å²) in [5.41, 5.74) is 11.3. The molecule has 4 atom stereocenters. The SMILES string of the molecule is C=Cc1c2[n-]c(c1C)/C=C1\[N-]/C(=C3\c4[n-]c(c(C)c4C(O)[C@@H]3C(=O)OC)/C=c3\[n-]/c(c(C)c3CC)=C\2)[C@@H](CCC(=O)OC/C=C(\C)CCC)[C@@H]1C.[Mg+2]. The molecule has 0 radical (unpaired) electrons. The third kappa shape index (κ3) is 6.92. The maximum Gasteiger partial charge on any atom is 2.00 e. The van der Waals surface area contributed by atoms with E-state index in [1.165, 1.54) is 12.7 Å². The second-order valence-electron chi connectivity index (χ2n) is 14.0. The Morgan fingerprint density at radius 1 is 0.962 bits per heavy atom. The van der Waals surface area contributed by atoms with E-state index >= 15 is 0 Å². The number of nitrogens with zero attached hydrogens (tertiary/aromatic N) is 4. The molecule has 1 saturated heterocycles. The number of aliphatic hydroxyl groups excluding tert-OH is 1. The summed E-state index contributed by atoms with van der Waals surface area (Å²) in [5, 5.41) is 18.7. The van der Waals surface area contributed by atoms with Crippen LogP contribution in [0.5, 0.6) is 0 Å². The first-order valence-corrected chi connectivity index (χ1v) is 18.0. The smallest absolute Gasteiger partial charge is 0.664 e. The maximum atomic E-state index is 13.5. The number of ether oxygens (including phenoxy) is 2. The second-order valence-corrected chi connectivity index (χ2v) is 14.0. The Labute approximate surface area is 322 Å². The van der Waals surface area contributed by atoms with Crippen LogP contribution < -0.4 is 25.7 Å². The molecule has 0 amide bonds. The predicted molar refractivity (Wildman–Crippen MR) is 205 cm³/mol. The molecule has 3 aliphatic rings. The van der Waals surface area contributed by atoms with Crippen molar-refractivity contribution in [1.82, 2.24) is 15.0 Å². The molecular formula is C42H48MgN4O5-2. The van der Waals surface area contributed by atoms with Crippen LogP contribution in [0.15, 0.2) is 29.6 Å². The van der Waals surface area contributed by atoms with Crippen molar-refractivity contribution in [3.8, 4) is 0 Å². The molecule has 52 heavy (non-hydrogen) atoms. The van der Waals surface area contributed by atoms with Crippen LogP contribution >= 0.6 is 0 Å². The van der Waals surface area contributed by atoms with Crippen molar-refractivity contribution in [3.63, 3.8) is 0 Å². The van der Waals surface area contributed by atoms with E-state index in [1.54, 1.807) is 0 Å². The Kier molecular flexibility index (Phi) is 12.0. The third-order valence-electron chi connectivity index (χ3n) is 10.9. The number of methoxy groups -OCH3 is 1. The van der Waals surface area contributed by atoms with Gasteiger partial charge in [0.2, 0.25) is 0 Å². The fourth-order valence-corrected chi connectivity index (χ4v) is 7.96. The normalized spacial score (nSPS) is 24.1. The summed E-state index contributed by atoms with van der Waals surface area (Å²) < 4.78 is 10.9. The Hall–Kier alpha value is -3.99. The number of allylic oxidation sites excluding steroid dienone is 3. The van der Waals surface area contributed by atoms with E-state index in [1.807, 2.05) is 51.2 Å². The minimum absolute atomic E-state index is 0. The van der Waals surface area contributed by atoms with Crippen molar-refractivity contribution in [2.75, 3.05) is 13.7 Å². The van der Waals surface area contributed by atoms with Crippen LogP contribution in [-0.4, -0.2) is 53.8 Å². The van der Waals surface area contributed by atoms with Crippen molar-refractivity contribution in [3.05, 3.63) is 102 Å². The van der Waals surface area contributed by atoms with E-state index in [2.05, 4.69) is 34.3 Å². The van der Waals surface area contributed by atoms with Crippen LogP contribution in [-0.2, 0) is 25.5 Å². The molecule has 0 aromatic carbocycles. The molecule has 9 nitrogen and oxygen atoms in total. The molecule has 0 saturated carbocycles. The molecule has 1 unspecified atom stereocenters. The topological polar surface area (TPSA) is 129 Å². The van der Waals surface area contributed by atoms with Gasteiger partial charge in [-0.15, -0.1) is 33.5 Å². The Balaban J connectivity index is 0.00000523. The third-order valence-corrected chi connectivity index (χ3v) is 10.9. The van der Waals surface area contributed by atoms with Crippen LogP contribution in [0.2, 0.25) is 0 Å². The van der Waals surface area contributed by atoms with Crippen molar-refractivity contribution in [2.45, 2.75) is 86.7 Å². The van der Waals surface area contributed by atoms with E-state index in [-0.39, 0.29) is 53.9 Å². The van der Waals surface area contributed by atoms with Gasteiger partial charge in [-0.2, -0.15) is 11.4 Å². The predicted octanol–water partition coefficient (Wildman–Crippen LogP) is 5.58. The minimum Gasteiger partial charge on any atom is -0.664 e. The van der Waals surface area contributed by atoms with Gasteiger partial charge in [0, 0.05) is 6.42 Å². The van der Waals surface area contributed by atoms with Gasteiger partial charge in [-0.3, -0.25) is 9.59 Å². The van der Waals surface area contributed by atoms with Crippen molar-refractivity contribution in [2.24, 2.45) is 17.8 Å². The first-order chi connectivity index (χ1) is 24.4. The van der Waals surface area contributed by atoms with Crippen LogP contribution in [0, 0.1) is 38.5 Å². The molecule has 3 aromatic heterocycles. The zero-order valence-electron chi connectivity index (χ0n) is 31.7. The minimum atomic E-state index is -1.17. The van der Waals surface area contributed by atoms with Crippen LogP contribution in [0.1, 0.15) is 116 Å². The van der Waals surface area contributed by atoms with E-state index in [9.17, 15) is 14.7 Å². The van der Waals surface area contributed by atoms with Gasteiger partial charge in [-0.1, -0.05) is 91.5 Å². The van der Waals surface area contributed by atoms with Crippen LogP contribution in [0.3, 0.4) is 0 Å². The fraction of sp³-hybridized carbons (Fsp3) is 0.429. The van der Waals surface area contributed by atoms with Gasteiger partial charge < -0.3 is 34.8 Å². The Bertz CT molecular complexity index is 2120. The molecule has 2 aliphatic heterocycles. The van der Waals surface area contributed by atoms with E-state index in [4.69, 9.17) is 29.7 Å². The molecule has 1 N–H and O–H groups in total. The van der Waals surface area contributed by atoms with E-state index in [0.29, 0.717) is 34.6 Å². The molecule has 3 aromatic rings. The standard InChI is InChI=1S/C42H48N4O5.Mg/c1-10-13-21(4)16-17-51-35(47)15-14-28-24(7)31-18-29-22(5)26(11-2)33(43-29)19-30-23(6)27(12-3)34(44-30)20-32-25(8)36-40(46-32)37(39(28)45-31)38(41(36)48)42(49)50-9;/h11,16,18-20,24,28,38,41,48H,2,10,12-15,17H2,1,3-9H3;/q-4;+2/b21-16+,30-19-,31-18-,34-20-,39-37-;/t24-,28-,38+,41?;/m0./s1. The average molecular weight is 713 g/mol. The van der Waals surface area contributed by atoms with Crippen LogP contribution in [0.25, 0.3) is 35.2 Å². The molecule has 1 aliphatic carbocycles. The van der Waals surface area contributed by atoms with Gasteiger partial charge in [0.1, 0.15) is 12.5 Å². The maximum absolute atomic E-state index is 13.5. The summed E-state index contributed by atoms with van der Waals surface area (Å²) in [7, 11) is 1.32. The number of rotatable bonds is 10. The molecule has 6 rings (SSSR count). The van der Waals surface area contributed by atoms with Crippen LogP contribution in [0.4, 0.5) is 0 Å². The number of hydrogen-bond acceptors (Lipinski definition) is 5. The molecule has 10 heteroatoms. The number of esters is 2. The molecule has 8 bridgehead atoms. The first kappa shape index (κ1) is 39.2. The van der Waals surface area contributed by atoms with Crippen molar-refractivity contribution < 1.29 is 24.2 Å². The number of aliphatic hydroxyl groups is 1. The van der Waals surface area contributed by atoms with Gasteiger partial charge in [0.05, 0.1) is 13.2 Å². The zero-order chi connectivity index (χ0) is 36.7. The molecule has 0 spiro atoms. The number of fused-ring (bicyclic) bond motifs is 7. The Morgan fingerprint density at radius 2 is 1.67 bits per heavy atom. The summed E-state index contributed by atoms with van der Waals surface area (Å²) in [6, 6.07) is 0.